The largest absolute Gasteiger partial charge is 0.323 e. The van der Waals surface area contributed by atoms with Gasteiger partial charge in [0.1, 0.15) is 5.82 Å². The maximum absolute atomic E-state index is 13.0. The summed E-state index contributed by atoms with van der Waals surface area (Å²) in [5, 5.41) is -0.672. The molecule has 5 heteroatoms. The van der Waals surface area contributed by atoms with Crippen molar-refractivity contribution < 1.29 is 12.8 Å². The first kappa shape index (κ1) is 13.1. The average Bonchev–Trinajstić information content (AvgIpc) is 2.16. The molecular weight excluding hydrogens is 229 g/mol. The summed E-state index contributed by atoms with van der Waals surface area (Å²) in [5.41, 5.74) is 6.37. The van der Waals surface area contributed by atoms with Gasteiger partial charge in [0, 0.05) is 12.3 Å². The first-order chi connectivity index (χ1) is 7.36. The lowest BCUT2D eigenvalue weighted by Gasteiger charge is -2.21. The zero-order valence-electron chi connectivity index (χ0n) is 9.35. The summed E-state index contributed by atoms with van der Waals surface area (Å²) < 4.78 is 36.0. The Hall–Kier alpha value is -0.940. The number of nitrogens with two attached hydrogens (primary N) is 1. The molecule has 0 amide bonds. The lowest BCUT2D eigenvalue weighted by molar-refractivity contribution is 0.550. The van der Waals surface area contributed by atoms with Crippen molar-refractivity contribution in [1.82, 2.24) is 0 Å². The van der Waals surface area contributed by atoms with E-state index in [1.165, 1.54) is 18.2 Å². The van der Waals surface area contributed by atoms with Crippen LogP contribution in [0.5, 0.6) is 0 Å². The highest BCUT2D eigenvalue weighted by molar-refractivity contribution is 7.91. The van der Waals surface area contributed by atoms with Crippen LogP contribution in [0.1, 0.15) is 24.9 Å². The molecule has 90 valence electrons. The van der Waals surface area contributed by atoms with Crippen molar-refractivity contribution in [2.45, 2.75) is 24.6 Å². The lowest BCUT2D eigenvalue weighted by Crippen LogP contribution is -2.32. The number of rotatable bonds is 4. The molecule has 1 aromatic rings. The first-order valence-electron chi connectivity index (χ1n) is 5.06. The monoisotopic (exact) mass is 245 g/mol. The second-order valence-corrected chi connectivity index (χ2v) is 6.12. The molecule has 0 heterocycles. The van der Waals surface area contributed by atoms with Crippen LogP contribution in [-0.2, 0) is 9.84 Å². The number of halogens is 1. The van der Waals surface area contributed by atoms with Gasteiger partial charge >= 0.3 is 0 Å². The highest BCUT2D eigenvalue weighted by Gasteiger charge is 2.27. The van der Waals surface area contributed by atoms with Gasteiger partial charge in [-0.1, -0.05) is 19.1 Å². The molecule has 1 rings (SSSR count). The molecule has 0 radical (unpaired) electrons. The third-order valence-electron chi connectivity index (χ3n) is 2.59. The Bertz CT molecular complexity index is 459. The summed E-state index contributed by atoms with van der Waals surface area (Å²) in [6, 6.07) is 5.06. The van der Waals surface area contributed by atoms with Crippen molar-refractivity contribution in [2.24, 2.45) is 5.73 Å². The molecule has 16 heavy (non-hydrogen) atoms. The van der Waals surface area contributed by atoms with E-state index < -0.39 is 26.9 Å². The molecule has 0 saturated heterocycles. The Balaban J connectivity index is 3.05. The van der Waals surface area contributed by atoms with Gasteiger partial charge in [-0.2, -0.15) is 0 Å². The van der Waals surface area contributed by atoms with E-state index in [0.717, 1.165) is 6.26 Å². The fourth-order valence-corrected chi connectivity index (χ4v) is 3.05. The van der Waals surface area contributed by atoms with Gasteiger partial charge in [0.25, 0.3) is 0 Å². The molecule has 2 atom stereocenters. The van der Waals surface area contributed by atoms with Gasteiger partial charge < -0.3 is 5.73 Å². The van der Waals surface area contributed by atoms with Crippen LogP contribution in [0.15, 0.2) is 24.3 Å². The van der Waals surface area contributed by atoms with E-state index in [9.17, 15) is 12.8 Å². The van der Waals surface area contributed by atoms with Crippen molar-refractivity contribution in [1.29, 1.82) is 0 Å². The maximum atomic E-state index is 13.0. The second kappa shape index (κ2) is 4.93. The number of sulfone groups is 1. The van der Waals surface area contributed by atoms with Crippen molar-refractivity contribution in [3.05, 3.63) is 35.6 Å². The third kappa shape index (κ3) is 3.02. The van der Waals surface area contributed by atoms with E-state index in [4.69, 9.17) is 5.73 Å². The summed E-state index contributed by atoms with van der Waals surface area (Å²) >= 11 is 0. The van der Waals surface area contributed by atoms with Gasteiger partial charge in [0.15, 0.2) is 9.84 Å². The average molecular weight is 245 g/mol. The Morgan fingerprint density at radius 1 is 1.44 bits per heavy atom. The van der Waals surface area contributed by atoms with Gasteiger partial charge in [0.05, 0.1) is 5.25 Å². The van der Waals surface area contributed by atoms with Gasteiger partial charge in [-0.05, 0) is 24.1 Å². The number of benzene rings is 1. The van der Waals surface area contributed by atoms with Gasteiger partial charge in [-0.3, -0.25) is 0 Å². The van der Waals surface area contributed by atoms with Crippen molar-refractivity contribution >= 4 is 9.84 Å². The molecule has 0 bridgehead atoms. The number of hydrogen-bond donors (Lipinski definition) is 1. The van der Waals surface area contributed by atoms with Crippen LogP contribution in [0.25, 0.3) is 0 Å². The molecule has 2 N–H and O–H groups in total. The topological polar surface area (TPSA) is 60.2 Å². The van der Waals surface area contributed by atoms with Gasteiger partial charge in [-0.15, -0.1) is 0 Å². The normalized spacial score (nSPS) is 15.8. The lowest BCUT2D eigenvalue weighted by atomic mass is 10.0. The minimum atomic E-state index is -3.22. The van der Waals surface area contributed by atoms with Crippen molar-refractivity contribution in [3.63, 3.8) is 0 Å². The summed E-state index contributed by atoms with van der Waals surface area (Å²) in [4.78, 5) is 0. The molecule has 0 saturated carbocycles. The molecule has 0 aliphatic carbocycles. The Morgan fingerprint density at radius 2 is 2.06 bits per heavy atom. The summed E-state index contributed by atoms with van der Waals surface area (Å²) in [6.45, 7) is 1.75. The Labute approximate surface area is 95.4 Å². The van der Waals surface area contributed by atoms with Crippen LogP contribution in [0.4, 0.5) is 4.39 Å². The number of hydrogen-bond acceptors (Lipinski definition) is 3. The van der Waals surface area contributed by atoms with Gasteiger partial charge in [-0.25, -0.2) is 12.8 Å². The molecule has 1 aromatic carbocycles. The molecular formula is C11H16FNO2S. The van der Waals surface area contributed by atoms with E-state index in [2.05, 4.69) is 0 Å². The summed E-state index contributed by atoms with van der Waals surface area (Å²) in [6.07, 6.45) is 1.57. The van der Waals surface area contributed by atoms with Crippen LogP contribution in [0.2, 0.25) is 0 Å². The smallest absolute Gasteiger partial charge is 0.152 e. The SMILES string of the molecule is CC[C@H]([C@@H](N)c1cccc(F)c1)S(C)(=O)=O. The molecule has 0 spiro atoms. The highest BCUT2D eigenvalue weighted by atomic mass is 32.2. The Kier molecular flexibility index (Phi) is 4.04. The van der Waals surface area contributed by atoms with Crippen molar-refractivity contribution in [2.75, 3.05) is 6.26 Å². The minimum Gasteiger partial charge on any atom is -0.323 e. The van der Waals surface area contributed by atoms with E-state index in [-0.39, 0.29) is 0 Å². The van der Waals surface area contributed by atoms with E-state index in [0.29, 0.717) is 12.0 Å². The van der Waals surface area contributed by atoms with Crippen LogP contribution >= 0.6 is 0 Å². The third-order valence-corrected chi connectivity index (χ3v) is 4.31. The predicted octanol–water partition coefficient (Wildman–Crippen LogP) is 1.65. The predicted molar refractivity (Wildman–Crippen MR) is 62.3 cm³/mol. The standard InChI is InChI=1S/C11H16FNO2S/c1-3-10(16(2,14)15)11(13)8-5-4-6-9(12)7-8/h4-7,10-11H,3,13H2,1-2H3/t10-,11+/m1/s1. The van der Waals surface area contributed by atoms with Crippen LogP contribution < -0.4 is 5.73 Å². The summed E-state index contributed by atoms with van der Waals surface area (Å²) in [7, 11) is -3.22. The van der Waals surface area contributed by atoms with Crippen molar-refractivity contribution in [3.8, 4) is 0 Å². The molecule has 0 aliphatic heterocycles. The molecule has 0 aliphatic rings. The molecule has 0 aromatic heterocycles. The zero-order chi connectivity index (χ0) is 12.3. The molecule has 3 nitrogen and oxygen atoms in total. The first-order valence-corrected chi connectivity index (χ1v) is 7.01. The fourth-order valence-electron chi connectivity index (χ4n) is 1.75. The zero-order valence-corrected chi connectivity index (χ0v) is 10.2. The molecule has 0 fully saturated rings. The van der Waals surface area contributed by atoms with Crippen LogP contribution in [0.3, 0.4) is 0 Å². The Morgan fingerprint density at radius 3 is 2.50 bits per heavy atom. The minimum absolute atomic E-state index is 0.406. The van der Waals surface area contributed by atoms with E-state index in [1.54, 1.807) is 13.0 Å². The van der Waals surface area contributed by atoms with E-state index in [1.807, 2.05) is 0 Å². The van der Waals surface area contributed by atoms with Crippen LogP contribution in [0, 0.1) is 5.82 Å². The quantitative estimate of drug-likeness (QED) is 0.877. The highest BCUT2D eigenvalue weighted by Crippen LogP contribution is 2.22. The summed E-state index contributed by atoms with van der Waals surface area (Å²) in [5.74, 6) is -0.406. The fraction of sp³-hybridized carbons (Fsp3) is 0.455. The van der Waals surface area contributed by atoms with Crippen LogP contribution in [-0.4, -0.2) is 19.9 Å². The second-order valence-electron chi connectivity index (χ2n) is 3.86. The van der Waals surface area contributed by atoms with E-state index >= 15 is 0 Å². The molecule has 0 unspecified atom stereocenters. The van der Waals surface area contributed by atoms with Gasteiger partial charge in [0.2, 0.25) is 0 Å². The maximum Gasteiger partial charge on any atom is 0.152 e.